The number of fused-ring (bicyclic) bond motifs is 2. The van der Waals surface area contributed by atoms with Gasteiger partial charge in [0, 0.05) is 70.9 Å². The summed E-state index contributed by atoms with van der Waals surface area (Å²) in [4.78, 5) is 36.8. The van der Waals surface area contributed by atoms with Gasteiger partial charge >= 0.3 is 5.97 Å². The minimum atomic E-state index is -2.31. The van der Waals surface area contributed by atoms with E-state index in [-0.39, 0.29) is 12.0 Å². The number of carbonyl (C=O) groups is 2. The van der Waals surface area contributed by atoms with Crippen LogP contribution in [0, 0.1) is 11.3 Å². The van der Waals surface area contributed by atoms with E-state index in [4.69, 9.17) is 15.2 Å². The van der Waals surface area contributed by atoms with Crippen LogP contribution in [0.5, 0.6) is 5.75 Å². The van der Waals surface area contributed by atoms with Crippen LogP contribution in [-0.2, 0) is 31.6 Å². The highest BCUT2D eigenvalue weighted by Crippen LogP contribution is 2.67. The number of nitrogens with two attached hydrogens (primary N) is 1. The van der Waals surface area contributed by atoms with Gasteiger partial charge in [-0.2, -0.15) is 0 Å². The number of aryl methyl sites for hydroxylation is 1. The van der Waals surface area contributed by atoms with E-state index in [9.17, 15) is 20.1 Å². The molecule has 0 radical (unpaired) electrons. The molecular formula is C43H57N5O7. The molecule has 1 saturated carbocycles. The molecule has 8 rings (SSSR count). The SMILES string of the molecule is CCc1c([C@@](C[C@@H]2CNC[C@](O)(CC)C2)(C(=O)OC)c2cc3c(cc2OC)N(C)[C@H]2[C@](O)(C(N)=O)[C@H](O)[C@]4(CC)C=CCN5CC[C@]32[C@@H]54)[nH]c2ccccc12. The van der Waals surface area contributed by atoms with Gasteiger partial charge < -0.3 is 45.7 Å². The lowest BCUT2D eigenvalue weighted by Crippen LogP contribution is -2.81. The summed E-state index contributed by atoms with van der Waals surface area (Å²) >= 11 is 0. The van der Waals surface area contributed by atoms with Crippen molar-refractivity contribution in [2.24, 2.45) is 17.1 Å². The van der Waals surface area contributed by atoms with Crippen molar-refractivity contribution in [2.45, 2.75) is 99.5 Å². The van der Waals surface area contributed by atoms with Gasteiger partial charge in [-0.3, -0.25) is 14.5 Å². The molecule has 12 nitrogen and oxygen atoms in total. The number of anilines is 1. The molecule has 9 atom stereocenters. The van der Waals surface area contributed by atoms with Gasteiger partial charge in [-0.1, -0.05) is 51.1 Å². The number of aliphatic hydroxyl groups excluding tert-OH is 1. The average molecular weight is 756 g/mol. The maximum absolute atomic E-state index is 15.2. The molecule has 1 aliphatic carbocycles. The number of rotatable bonds is 10. The second-order valence-corrected chi connectivity index (χ2v) is 17.0. The number of nitrogens with zero attached hydrogens (tertiary/aromatic N) is 2. The van der Waals surface area contributed by atoms with Crippen LogP contribution in [0.15, 0.2) is 48.6 Å². The van der Waals surface area contributed by atoms with Crippen LogP contribution in [-0.4, -0.2) is 114 Å². The third kappa shape index (κ3) is 4.81. The molecule has 12 heteroatoms. The number of aliphatic hydroxyl groups is 3. The highest BCUT2D eigenvalue weighted by molar-refractivity contribution is 5.95. The van der Waals surface area contributed by atoms with Crippen LogP contribution in [0.3, 0.4) is 0 Å². The van der Waals surface area contributed by atoms with Crippen LogP contribution >= 0.6 is 0 Å². The van der Waals surface area contributed by atoms with Crippen LogP contribution in [0.4, 0.5) is 5.69 Å². The Morgan fingerprint density at radius 2 is 1.85 bits per heavy atom. The van der Waals surface area contributed by atoms with Crippen LogP contribution in [0.25, 0.3) is 10.9 Å². The molecule has 4 aliphatic heterocycles. The van der Waals surface area contributed by atoms with Gasteiger partial charge in [-0.25, -0.2) is 0 Å². The van der Waals surface area contributed by atoms with Gasteiger partial charge in [0.2, 0.25) is 0 Å². The van der Waals surface area contributed by atoms with Crippen molar-refractivity contribution in [3.8, 4) is 5.75 Å². The summed E-state index contributed by atoms with van der Waals surface area (Å²) in [6.45, 7) is 8.47. The standard InChI is InChI=1S/C43H57N5O7/c1-7-26-27-13-10-11-14-30(27)46-33(26)42(38(51)55-6,22-25-21-39(52,8-2)24-45-23-25)29-19-28-31(20-32(29)54-5)47(4)35-41(28)16-18-48-17-12-15-40(9-3,34(41)48)36(49)43(35,53)37(44)50/h10-15,19-20,25,34-36,45-46,49,52-53H,7-9,16-18,21-24H2,1-6H3,(H2,44,50)/t25-,34+,35-,36-,39+,40-,41-,42+,43-/m1/s1. The Labute approximate surface area is 323 Å². The Bertz CT molecular complexity index is 2070. The number of hydrogen-bond donors (Lipinski definition) is 6. The Morgan fingerprint density at radius 1 is 1.09 bits per heavy atom. The number of methoxy groups -OCH3 is 2. The summed E-state index contributed by atoms with van der Waals surface area (Å²) < 4.78 is 12.2. The maximum atomic E-state index is 15.2. The molecule has 5 aliphatic rings. The number of amides is 1. The lowest BCUT2D eigenvalue weighted by atomic mass is 9.47. The van der Waals surface area contributed by atoms with Crippen molar-refractivity contribution in [1.29, 1.82) is 0 Å². The summed E-state index contributed by atoms with van der Waals surface area (Å²) in [6, 6.07) is 10.9. The number of H-pyrrole nitrogens is 1. The number of aromatic amines is 1. The van der Waals surface area contributed by atoms with E-state index in [1.165, 1.54) is 7.11 Å². The number of aromatic nitrogens is 1. The number of primary amides is 1. The number of piperidine rings is 1. The minimum Gasteiger partial charge on any atom is -0.496 e. The molecule has 55 heavy (non-hydrogen) atoms. The minimum absolute atomic E-state index is 0.136. The monoisotopic (exact) mass is 755 g/mol. The zero-order chi connectivity index (χ0) is 39.3. The van der Waals surface area contributed by atoms with Crippen molar-refractivity contribution in [1.82, 2.24) is 15.2 Å². The predicted octanol–water partition coefficient (Wildman–Crippen LogP) is 3.03. The van der Waals surface area contributed by atoms with E-state index in [1.54, 1.807) is 7.11 Å². The van der Waals surface area contributed by atoms with E-state index < -0.39 is 51.5 Å². The number of nitrogens with one attached hydrogen (secondary N) is 2. The van der Waals surface area contributed by atoms with Crippen molar-refractivity contribution in [3.05, 3.63) is 70.9 Å². The summed E-state index contributed by atoms with van der Waals surface area (Å²) in [7, 11) is 4.85. The summed E-state index contributed by atoms with van der Waals surface area (Å²) in [6.07, 6.45) is 5.61. The number of carbonyl (C=O) groups excluding carboxylic acids is 2. The largest absolute Gasteiger partial charge is 0.496 e. The molecule has 0 bridgehead atoms. The predicted molar refractivity (Wildman–Crippen MR) is 210 cm³/mol. The summed E-state index contributed by atoms with van der Waals surface area (Å²) in [5.74, 6) is -1.11. The first-order valence-corrected chi connectivity index (χ1v) is 20.0. The Morgan fingerprint density at radius 3 is 2.53 bits per heavy atom. The smallest absolute Gasteiger partial charge is 0.322 e. The number of β-amino-alcohol motifs (C(OH)–C–C–N with tert-alkyl or cyclic N) is 1. The Kier molecular flexibility index (Phi) is 9.01. The van der Waals surface area contributed by atoms with Crippen molar-refractivity contribution in [2.75, 3.05) is 52.3 Å². The molecule has 7 N–H and O–H groups in total. The number of ether oxygens (including phenoxy) is 2. The van der Waals surface area contributed by atoms with Gasteiger partial charge in [-0.05, 0) is 80.8 Å². The van der Waals surface area contributed by atoms with Crippen LogP contribution < -0.4 is 20.7 Å². The zero-order valence-electron chi connectivity index (χ0n) is 32.9. The molecule has 3 aromatic rings. The molecule has 1 amide bonds. The quantitative estimate of drug-likeness (QED) is 0.134. The fourth-order valence-corrected chi connectivity index (χ4v) is 12.4. The number of hydrogen-bond acceptors (Lipinski definition) is 10. The third-order valence-corrected chi connectivity index (χ3v) is 14.8. The zero-order valence-corrected chi connectivity index (χ0v) is 32.9. The van der Waals surface area contributed by atoms with E-state index in [0.29, 0.717) is 76.0 Å². The number of para-hydroxylation sites is 1. The first-order valence-electron chi connectivity index (χ1n) is 20.0. The number of likely N-dealkylation sites (N-methyl/N-ethyl adjacent to an activating group) is 1. The molecule has 1 spiro atoms. The molecular weight excluding hydrogens is 699 g/mol. The normalized spacial score (nSPS) is 34.9. The molecule has 2 aromatic carbocycles. The van der Waals surface area contributed by atoms with Crippen molar-refractivity contribution < 1.29 is 34.4 Å². The van der Waals surface area contributed by atoms with E-state index >= 15 is 4.79 Å². The van der Waals surface area contributed by atoms with Gasteiger partial charge in [0.1, 0.15) is 17.3 Å². The van der Waals surface area contributed by atoms with Gasteiger partial charge in [-0.15, -0.1) is 0 Å². The average Bonchev–Trinajstić information content (AvgIpc) is 3.85. The maximum Gasteiger partial charge on any atom is 0.322 e. The van der Waals surface area contributed by atoms with E-state index in [1.807, 2.05) is 62.2 Å². The first kappa shape index (κ1) is 38.0. The summed E-state index contributed by atoms with van der Waals surface area (Å²) in [5.41, 5.74) is 4.45. The molecule has 0 unspecified atom stereocenters. The fraction of sp³-hybridized carbons (Fsp3) is 0.581. The number of benzene rings is 2. The molecule has 296 valence electrons. The third-order valence-electron chi connectivity index (χ3n) is 14.8. The lowest BCUT2D eigenvalue weighted by Gasteiger charge is -2.63. The molecule has 3 fully saturated rings. The molecule has 1 aromatic heterocycles. The lowest BCUT2D eigenvalue weighted by molar-refractivity contribution is -0.201. The van der Waals surface area contributed by atoms with Gasteiger partial charge in [0.25, 0.3) is 5.91 Å². The van der Waals surface area contributed by atoms with E-state index in [0.717, 1.165) is 33.4 Å². The first-order chi connectivity index (χ1) is 26.3. The second-order valence-electron chi connectivity index (χ2n) is 17.0. The Hall–Kier alpha value is -3.94. The highest BCUT2D eigenvalue weighted by Gasteiger charge is 2.78. The molecule has 5 heterocycles. The van der Waals surface area contributed by atoms with Crippen LogP contribution in [0.1, 0.15) is 75.3 Å². The summed E-state index contributed by atoms with van der Waals surface area (Å²) in [5, 5.41) is 41.1. The molecule has 2 saturated heterocycles. The van der Waals surface area contributed by atoms with Gasteiger partial charge in [0.05, 0.1) is 25.9 Å². The van der Waals surface area contributed by atoms with E-state index in [2.05, 4.69) is 34.3 Å². The van der Waals surface area contributed by atoms with Crippen LogP contribution in [0.2, 0.25) is 0 Å². The van der Waals surface area contributed by atoms with Gasteiger partial charge in [0.15, 0.2) is 5.60 Å². The number of esters is 1. The topological polar surface area (TPSA) is 174 Å². The van der Waals surface area contributed by atoms with Crippen molar-refractivity contribution in [3.63, 3.8) is 0 Å². The van der Waals surface area contributed by atoms with Crippen molar-refractivity contribution >= 4 is 28.5 Å². The fourth-order valence-electron chi connectivity index (χ4n) is 12.4. The Balaban J connectivity index is 1.46. The second kappa shape index (κ2) is 13.1. The highest BCUT2D eigenvalue weighted by atomic mass is 16.5.